The van der Waals surface area contributed by atoms with Gasteiger partial charge >= 0.3 is 0 Å². The zero-order valence-corrected chi connectivity index (χ0v) is 10.9. The summed E-state index contributed by atoms with van der Waals surface area (Å²) in [5, 5.41) is 2.94. The quantitative estimate of drug-likeness (QED) is 0.751. The van der Waals surface area contributed by atoms with Crippen molar-refractivity contribution in [2.75, 3.05) is 25.6 Å². The molecule has 1 aromatic rings. The molecule has 1 atom stereocenters. The van der Waals surface area contributed by atoms with Gasteiger partial charge in [0.15, 0.2) is 5.82 Å². The molecule has 0 spiro atoms. The maximum absolute atomic E-state index is 11.8. The van der Waals surface area contributed by atoms with E-state index in [1.807, 2.05) is 6.92 Å². The Labute approximate surface area is 106 Å². The summed E-state index contributed by atoms with van der Waals surface area (Å²) < 4.78 is 6.53. The van der Waals surface area contributed by atoms with Gasteiger partial charge in [0.2, 0.25) is 0 Å². The lowest BCUT2D eigenvalue weighted by molar-refractivity contribution is 0.196. The van der Waals surface area contributed by atoms with Gasteiger partial charge in [0.05, 0.1) is 12.0 Å². The molecule has 0 radical (unpaired) electrons. The molecule has 0 saturated carbocycles. The Bertz CT molecular complexity index is 395. The number of rotatable bonds is 7. The first-order valence-electron chi connectivity index (χ1n) is 5.61. The zero-order chi connectivity index (χ0) is 12.7. The van der Waals surface area contributed by atoms with Crippen LogP contribution in [-0.2, 0) is 11.3 Å². The molecular weight excluding hydrogens is 242 g/mol. The van der Waals surface area contributed by atoms with E-state index in [0.717, 1.165) is 6.42 Å². The second kappa shape index (κ2) is 7.29. The van der Waals surface area contributed by atoms with Crippen LogP contribution in [0.2, 0.25) is 0 Å². The number of halogens is 1. The Hall–Kier alpha value is -1.07. The molecule has 0 fully saturated rings. The van der Waals surface area contributed by atoms with E-state index in [9.17, 15) is 4.79 Å². The summed E-state index contributed by atoms with van der Waals surface area (Å²) in [6, 6.07) is 0. The van der Waals surface area contributed by atoms with Crippen molar-refractivity contribution in [3.05, 3.63) is 22.7 Å². The summed E-state index contributed by atoms with van der Waals surface area (Å²) >= 11 is 5.98. The van der Waals surface area contributed by atoms with E-state index in [0.29, 0.717) is 25.5 Å². The molecule has 0 aliphatic rings. The predicted octanol–water partition coefficient (Wildman–Crippen LogP) is 1.32. The average molecular weight is 260 g/mol. The number of anilines is 1. The molecule has 1 aromatic heterocycles. The summed E-state index contributed by atoms with van der Waals surface area (Å²) in [6.07, 6.45) is 4.00. The summed E-state index contributed by atoms with van der Waals surface area (Å²) in [5.74, 6) is 0.371. The van der Waals surface area contributed by atoms with Crippen LogP contribution in [-0.4, -0.2) is 35.2 Å². The Morgan fingerprint density at radius 2 is 2.41 bits per heavy atom. The van der Waals surface area contributed by atoms with Crippen molar-refractivity contribution < 1.29 is 4.74 Å². The molecule has 0 amide bonds. The van der Waals surface area contributed by atoms with Gasteiger partial charge in [0.25, 0.3) is 5.56 Å². The Morgan fingerprint density at radius 1 is 1.65 bits per heavy atom. The van der Waals surface area contributed by atoms with Gasteiger partial charge in [-0.25, -0.2) is 4.98 Å². The number of nitrogens with one attached hydrogen (secondary N) is 1. The average Bonchev–Trinajstić information content (AvgIpc) is 2.32. The normalized spacial score (nSPS) is 12.4. The van der Waals surface area contributed by atoms with E-state index in [-0.39, 0.29) is 10.9 Å². The maximum Gasteiger partial charge on any atom is 0.293 e. The SMILES string of the molecule is CCn1ccnc(NCCC(Cl)COC)c1=O. The van der Waals surface area contributed by atoms with Crippen LogP contribution in [0.1, 0.15) is 13.3 Å². The van der Waals surface area contributed by atoms with E-state index < -0.39 is 0 Å². The molecule has 1 N–H and O–H groups in total. The summed E-state index contributed by atoms with van der Waals surface area (Å²) in [7, 11) is 1.61. The van der Waals surface area contributed by atoms with Crippen LogP contribution in [0, 0.1) is 0 Å². The number of hydrogen-bond donors (Lipinski definition) is 1. The highest BCUT2D eigenvalue weighted by molar-refractivity contribution is 6.20. The lowest BCUT2D eigenvalue weighted by Gasteiger charge is -2.10. The number of alkyl halides is 1. The first kappa shape index (κ1) is 14.0. The van der Waals surface area contributed by atoms with Gasteiger partial charge in [0.1, 0.15) is 0 Å². The molecule has 0 aliphatic heterocycles. The highest BCUT2D eigenvalue weighted by Gasteiger charge is 2.06. The second-order valence-electron chi connectivity index (χ2n) is 3.64. The van der Waals surface area contributed by atoms with Gasteiger partial charge in [-0.15, -0.1) is 11.6 Å². The molecule has 0 bridgehead atoms. The minimum atomic E-state index is -0.104. The third kappa shape index (κ3) is 4.36. The molecule has 1 rings (SSSR count). The molecule has 17 heavy (non-hydrogen) atoms. The molecule has 0 aliphatic carbocycles. The Kier molecular flexibility index (Phi) is 6.00. The van der Waals surface area contributed by atoms with Gasteiger partial charge in [-0.05, 0) is 13.3 Å². The molecule has 1 heterocycles. The number of aryl methyl sites for hydroxylation is 1. The summed E-state index contributed by atoms with van der Waals surface area (Å²) in [4.78, 5) is 15.8. The fourth-order valence-corrected chi connectivity index (χ4v) is 1.66. The smallest absolute Gasteiger partial charge is 0.293 e. The first-order chi connectivity index (χ1) is 8.19. The monoisotopic (exact) mass is 259 g/mol. The molecule has 96 valence electrons. The van der Waals surface area contributed by atoms with E-state index in [2.05, 4.69) is 10.3 Å². The van der Waals surface area contributed by atoms with Crippen molar-refractivity contribution in [1.82, 2.24) is 9.55 Å². The van der Waals surface area contributed by atoms with Crippen LogP contribution in [0.3, 0.4) is 0 Å². The molecule has 1 unspecified atom stereocenters. The minimum absolute atomic E-state index is 0.0513. The topological polar surface area (TPSA) is 56.1 Å². The van der Waals surface area contributed by atoms with E-state index >= 15 is 0 Å². The van der Waals surface area contributed by atoms with Gasteiger partial charge < -0.3 is 14.6 Å². The maximum atomic E-state index is 11.8. The molecular formula is C11H18ClN3O2. The molecule has 0 aromatic carbocycles. The largest absolute Gasteiger partial charge is 0.383 e. The first-order valence-corrected chi connectivity index (χ1v) is 6.05. The van der Waals surface area contributed by atoms with Gasteiger partial charge in [-0.1, -0.05) is 0 Å². The van der Waals surface area contributed by atoms with Crippen LogP contribution in [0.5, 0.6) is 0 Å². The number of nitrogens with zero attached hydrogens (tertiary/aromatic N) is 2. The summed E-state index contributed by atoms with van der Waals surface area (Å²) in [6.45, 7) is 3.66. The Morgan fingerprint density at radius 3 is 3.06 bits per heavy atom. The highest BCUT2D eigenvalue weighted by Crippen LogP contribution is 2.02. The standard InChI is InChI=1S/C11H18ClN3O2/c1-3-15-7-6-14-10(11(15)16)13-5-4-9(12)8-17-2/h6-7,9H,3-5,8H2,1-2H3,(H,13,14). The van der Waals surface area contributed by atoms with Gasteiger partial charge in [-0.2, -0.15) is 0 Å². The van der Waals surface area contributed by atoms with Crippen molar-refractivity contribution in [1.29, 1.82) is 0 Å². The van der Waals surface area contributed by atoms with E-state index in [4.69, 9.17) is 16.3 Å². The lowest BCUT2D eigenvalue weighted by atomic mass is 10.3. The van der Waals surface area contributed by atoms with Crippen molar-refractivity contribution >= 4 is 17.4 Å². The van der Waals surface area contributed by atoms with Gasteiger partial charge in [0, 0.05) is 32.6 Å². The van der Waals surface area contributed by atoms with Crippen LogP contribution in [0.4, 0.5) is 5.82 Å². The van der Waals surface area contributed by atoms with E-state index in [1.165, 1.54) is 0 Å². The van der Waals surface area contributed by atoms with Crippen molar-refractivity contribution in [2.45, 2.75) is 25.3 Å². The fourth-order valence-electron chi connectivity index (χ4n) is 1.43. The van der Waals surface area contributed by atoms with E-state index in [1.54, 1.807) is 24.1 Å². The van der Waals surface area contributed by atoms with Crippen molar-refractivity contribution in [3.8, 4) is 0 Å². The minimum Gasteiger partial charge on any atom is -0.383 e. The van der Waals surface area contributed by atoms with Crippen LogP contribution < -0.4 is 10.9 Å². The van der Waals surface area contributed by atoms with Gasteiger partial charge in [-0.3, -0.25) is 4.79 Å². The zero-order valence-electron chi connectivity index (χ0n) is 10.1. The number of aromatic nitrogens is 2. The summed E-state index contributed by atoms with van der Waals surface area (Å²) in [5.41, 5.74) is -0.104. The number of hydrogen-bond acceptors (Lipinski definition) is 4. The third-order valence-electron chi connectivity index (χ3n) is 2.35. The van der Waals surface area contributed by atoms with Crippen molar-refractivity contribution in [3.63, 3.8) is 0 Å². The van der Waals surface area contributed by atoms with Crippen LogP contribution in [0.25, 0.3) is 0 Å². The Balaban J connectivity index is 2.50. The second-order valence-corrected chi connectivity index (χ2v) is 4.25. The highest BCUT2D eigenvalue weighted by atomic mass is 35.5. The van der Waals surface area contributed by atoms with Crippen molar-refractivity contribution in [2.24, 2.45) is 0 Å². The molecule has 0 saturated heterocycles. The number of methoxy groups -OCH3 is 1. The van der Waals surface area contributed by atoms with Crippen LogP contribution in [0.15, 0.2) is 17.2 Å². The van der Waals surface area contributed by atoms with Crippen LogP contribution >= 0.6 is 11.6 Å². The molecule has 5 nitrogen and oxygen atoms in total. The number of ether oxygens (including phenoxy) is 1. The molecule has 6 heteroatoms. The lowest BCUT2D eigenvalue weighted by Crippen LogP contribution is -2.25. The fraction of sp³-hybridized carbons (Fsp3) is 0.636. The third-order valence-corrected chi connectivity index (χ3v) is 2.70. The predicted molar refractivity (Wildman–Crippen MR) is 68.8 cm³/mol.